The molecule has 0 unspecified atom stereocenters. The van der Waals surface area contributed by atoms with Crippen molar-refractivity contribution in [2.45, 2.75) is 20.3 Å². The number of aryl methyl sites for hydroxylation is 2. The summed E-state index contributed by atoms with van der Waals surface area (Å²) in [6.07, 6.45) is 6.51. The molecule has 10 heteroatoms. The van der Waals surface area contributed by atoms with Gasteiger partial charge in [-0.25, -0.2) is 24.6 Å². The third-order valence-corrected chi connectivity index (χ3v) is 6.33. The average Bonchev–Trinajstić information content (AvgIpc) is 3.26. The molecular formula is C26H25N9O. The molecular weight excluding hydrogens is 454 g/mol. The van der Waals surface area contributed by atoms with Gasteiger partial charge in [-0.1, -0.05) is 16.9 Å². The largest absolute Gasteiger partial charge is 0.457 e. The molecule has 0 fully saturated rings. The number of hydrogen-bond acceptors (Lipinski definition) is 9. The number of benzene rings is 2. The average molecular weight is 480 g/mol. The lowest BCUT2D eigenvalue weighted by Gasteiger charge is -2.25. The smallest absolute Gasteiger partial charge is 0.226 e. The number of rotatable bonds is 5. The molecule has 10 nitrogen and oxygen atoms in total. The molecule has 180 valence electrons. The summed E-state index contributed by atoms with van der Waals surface area (Å²) in [5.41, 5.74) is 6.37. The molecule has 3 aromatic heterocycles. The second-order valence-corrected chi connectivity index (χ2v) is 8.94. The molecule has 0 atom stereocenters. The van der Waals surface area contributed by atoms with Crippen LogP contribution in [0.1, 0.15) is 18.9 Å². The van der Waals surface area contributed by atoms with Crippen molar-refractivity contribution >= 4 is 39.5 Å². The van der Waals surface area contributed by atoms with Crippen LogP contribution >= 0.6 is 0 Å². The first-order valence-corrected chi connectivity index (χ1v) is 11.8. The molecule has 1 N–H and O–H groups in total. The number of nitrogens with zero attached hydrogens (tertiary/aromatic N) is 8. The molecule has 0 spiro atoms. The number of hydrogen-bond donors (Lipinski definition) is 1. The Morgan fingerprint density at radius 1 is 1.00 bits per heavy atom. The molecule has 6 rings (SSSR count). The summed E-state index contributed by atoms with van der Waals surface area (Å²) in [6, 6.07) is 11.7. The summed E-state index contributed by atoms with van der Waals surface area (Å²) in [4.78, 5) is 20.3. The number of aromatic nitrogens is 7. The van der Waals surface area contributed by atoms with Gasteiger partial charge in [0.1, 0.15) is 34.4 Å². The first-order chi connectivity index (χ1) is 17.5. The molecule has 0 radical (unpaired) electrons. The quantitative estimate of drug-likeness (QED) is 0.359. The van der Waals surface area contributed by atoms with Crippen molar-refractivity contribution in [1.82, 2.24) is 34.9 Å². The number of fused-ring (bicyclic) bond motifs is 2. The Kier molecular flexibility index (Phi) is 5.40. The maximum atomic E-state index is 6.13. The molecule has 36 heavy (non-hydrogen) atoms. The van der Waals surface area contributed by atoms with Gasteiger partial charge in [0.15, 0.2) is 5.82 Å². The van der Waals surface area contributed by atoms with Crippen molar-refractivity contribution in [3.63, 3.8) is 0 Å². The minimum Gasteiger partial charge on any atom is -0.457 e. The monoisotopic (exact) mass is 479 g/mol. The zero-order valence-electron chi connectivity index (χ0n) is 20.3. The zero-order chi connectivity index (χ0) is 24.6. The molecule has 2 aromatic carbocycles. The van der Waals surface area contributed by atoms with E-state index in [0.717, 1.165) is 47.5 Å². The van der Waals surface area contributed by atoms with Gasteiger partial charge in [0.05, 0.1) is 11.7 Å². The third-order valence-electron chi connectivity index (χ3n) is 6.33. The van der Waals surface area contributed by atoms with E-state index in [4.69, 9.17) is 9.72 Å². The van der Waals surface area contributed by atoms with Gasteiger partial charge >= 0.3 is 0 Å². The first-order valence-electron chi connectivity index (χ1n) is 11.8. The summed E-state index contributed by atoms with van der Waals surface area (Å²) in [5, 5.41) is 11.6. The van der Waals surface area contributed by atoms with Crippen LogP contribution in [0.5, 0.6) is 11.5 Å². The Morgan fingerprint density at radius 2 is 1.92 bits per heavy atom. The summed E-state index contributed by atoms with van der Waals surface area (Å²) in [6.45, 7) is 5.86. The van der Waals surface area contributed by atoms with Crippen LogP contribution in [0.3, 0.4) is 0 Å². The highest BCUT2D eigenvalue weighted by atomic mass is 16.5. The van der Waals surface area contributed by atoms with Crippen LogP contribution in [-0.2, 0) is 7.05 Å². The highest BCUT2D eigenvalue weighted by Gasteiger charge is 2.16. The lowest BCUT2D eigenvalue weighted by molar-refractivity contribution is 0.479. The summed E-state index contributed by atoms with van der Waals surface area (Å²) >= 11 is 0. The van der Waals surface area contributed by atoms with Gasteiger partial charge in [-0.3, -0.25) is 0 Å². The van der Waals surface area contributed by atoms with Crippen LogP contribution in [-0.4, -0.2) is 48.0 Å². The number of ether oxygens (including phenoxy) is 1. The van der Waals surface area contributed by atoms with Gasteiger partial charge in [-0.15, -0.1) is 5.10 Å². The molecule has 0 saturated carbocycles. The predicted molar refractivity (Wildman–Crippen MR) is 139 cm³/mol. The molecule has 0 amide bonds. The molecule has 4 heterocycles. The molecule has 1 aliphatic rings. The van der Waals surface area contributed by atoms with Crippen molar-refractivity contribution in [2.75, 3.05) is 23.3 Å². The van der Waals surface area contributed by atoms with Crippen LogP contribution in [0.2, 0.25) is 0 Å². The second-order valence-electron chi connectivity index (χ2n) is 8.94. The topological polar surface area (TPSA) is 107 Å². The predicted octanol–water partition coefficient (Wildman–Crippen LogP) is 4.70. The van der Waals surface area contributed by atoms with Gasteiger partial charge in [-0.05, 0) is 56.2 Å². The molecule has 0 bridgehead atoms. The van der Waals surface area contributed by atoms with E-state index in [1.54, 1.807) is 10.9 Å². The van der Waals surface area contributed by atoms with Crippen molar-refractivity contribution in [2.24, 2.45) is 7.05 Å². The van der Waals surface area contributed by atoms with E-state index in [-0.39, 0.29) is 0 Å². The normalized spacial score (nSPS) is 13.8. The molecule has 5 aromatic rings. The van der Waals surface area contributed by atoms with Crippen molar-refractivity contribution < 1.29 is 4.74 Å². The molecule has 0 saturated heterocycles. The zero-order valence-corrected chi connectivity index (χ0v) is 20.3. The van der Waals surface area contributed by atoms with Crippen LogP contribution in [0, 0.1) is 6.92 Å². The fourth-order valence-electron chi connectivity index (χ4n) is 4.23. The summed E-state index contributed by atoms with van der Waals surface area (Å²) < 4.78 is 7.87. The first kappa shape index (κ1) is 21.9. The maximum Gasteiger partial charge on any atom is 0.226 e. The lowest BCUT2D eigenvalue weighted by Crippen LogP contribution is -2.29. The van der Waals surface area contributed by atoms with Gasteiger partial charge in [0.25, 0.3) is 0 Å². The van der Waals surface area contributed by atoms with E-state index in [0.29, 0.717) is 28.5 Å². The third kappa shape index (κ3) is 4.17. The van der Waals surface area contributed by atoms with Gasteiger partial charge in [0.2, 0.25) is 5.95 Å². The van der Waals surface area contributed by atoms with Crippen LogP contribution < -0.4 is 15.0 Å². The highest BCUT2D eigenvalue weighted by molar-refractivity contribution is 5.87. The number of anilines is 3. The van der Waals surface area contributed by atoms with Crippen LogP contribution in [0.25, 0.3) is 22.1 Å². The second kappa shape index (κ2) is 8.88. The Bertz CT molecular complexity index is 1630. The standard InChI is InChI=1S/C26H25N9O/c1-16-8-10-35(11-9-16)26-27-14-21-24(31-26)25(29-15-28-21)30-18-4-7-23(17(2)12-18)36-19-5-6-22-20(13-19)32-33-34(22)3/h4-8,12-15H,9-11H2,1-3H3,(H,28,29,30). The van der Waals surface area contributed by atoms with Crippen LogP contribution in [0.4, 0.5) is 17.5 Å². The summed E-state index contributed by atoms with van der Waals surface area (Å²) in [7, 11) is 1.87. The Labute approximate surface area is 207 Å². The van der Waals surface area contributed by atoms with E-state index < -0.39 is 0 Å². The fraction of sp³-hybridized carbons (Fsp3) is 0.231. The van der Waals surface area contributed by atoms with Gasteiger partial charge in [-0.2, -0.15) is 0 Å². The maximum absolute atomic E-state index is 6.13. The number of nitrogens with one attached hydrogen (secondary N) is 1. The molecule has 1 aliphatic heterocycles. The van der Waals surface area contributed by atoms with E-state index in [1.165, 1.54) is 11.9 Å². The minimum absolute atomic E-state index is 0.633. The fourth-order valence-corrected chi connectivity index (χ4v) is 4.23. The lowest BCUT2D eigenvalue weighted by atomic mass is 10.1. The van der Waals surface area contributed by atoms with Crippen molar-refractivity contribution in [3.05, 3.63) is 66.1 Å². The van der Waals surface area contributed by atoms with E-state index in [2.05, 4.69) is 48.5 Å². The minimum atomic E-state index is 0.633. The van der Waals surface area contributed by atoms with Gasteiger partial charge in [0, 0.05) is 31.9 Å². The molecule has 0 aliphatic carbocycles. The van der Waals surface area contributed by atoms with E-state index in [9.17, 15) is 0 Å². The SMILES string of the molecule is CC1=CCN(c2ncc3ncnc(Nc4ccc(Oc5ccc6c(c5)nnn6C)c(C)c4)c3n2)CC1. The van der Waals surface area contributed by atoms with Crippen molar-refractivity contribution in [3.8, 4) is 11.5 Å². The van der Waals surface area contributed by atoms with Gasteiger partial charge < -0.3 is 15.0 Å². The Balaban J connectivity index is 1.25. The van der Waals surface area contributed by atoms with Crippen LogP contribution in [0.15, 0.2) is 60.6 Å². The summed E-state index contributed by atoms with van der Waals surface area (Å²) in [5.74, 6) is 2.78. The van der Waals surface area contributed by atoms with Crippen molar-refractivity contribution in [1.29, 1.82) is 0 Å². The Hall–Kier alpha value is -4.60. The van der Waals surface area contributed by atoms with E-state index in [1.807, 2.05) is 50.4 Å². The Morgan fingerprint density at radius 3 is 2.75 bits per heavy atom. The van der Waals surface area contributed by atoms with E-state index >= 15 is 0 Å². The highest BCUT2D eigenvalue weighted by Crippen LogP contribution is 2.31.